The van der Waals surface area contributed by atoms with Gasteiger partial charge in [-0.3, -0.25) is 4.79 Å². The molecule has 1 fully saturated rings. The second kappa shape index (κ2) is 5.69. The minimum atomic E-state index is -1.23. The summed E-state index contributed by atoms with van der Waals surface area (Å²) in [5.41, 5.74) is 0.426. The number of hydrogen-bond donors (Lipinski definition) is 2. The normalized spacial score (nSPS) is 18.7. The first-order chi connectivity index (χ1) is 8.59. The van der Waals surface area contributed by atoms with Crippen LogP contribution in [0.5, 0.6) is 0 Å². The number of nitrogens with zero attached hydrogens (tertiary/aromatic N) is 1. The highest BCUT2D eigenvalue weighted by atomic mass is 35.5. The van der Waals surface area contributed by atoms with E-state index < -0.39 is 6.10 Å². The van der Waals surface area contributed by atoms with Crippen LogP contribution in [-0.2, 0) is 4.79 Å². The molecule has 5 heteroatoms. The minimum absolute atomic E-state index is 0.341. The number of rotatable bonds is 2. The molecule has 1 aromatic rings. The van der Waals surface area contributed by atoms with Crippen molar-refractivity contribution in [3.8, 4) is 0 Å². The van der Waals surface area contributed by atoms with E-state index in [4.69, 9.17) is 11.6 Å². The molecule has 0 aromatic heterocycles. The molecule has 0 saturated carbocycles. The first kappa shape index (κ1) is 13.3. The number of likely N-dealkylation sites (tertiary alicyclic amines) is 1. The third kappa shape index (κ3) is 2.83. The maximum Gasteiger partial charge on any atom is 0.256 e. The van der Waals surface area contributed by atoms with Crippen LogP contribution in [0.15, 0.2) is 24.3 Å². The predicted molar refractivity (Wildman–Crippen MR) is 68.2 cm³/mol. The van der Waals surface area contributed by atoms with Crippen LogP contribution in [0.2, 0.25) is 5.02 Å². The Morgan fingerprint density at radius 1 is 1.33 bits per heavy atom. The van der Waals surface area contributed by atoms with Crippen LogP contribution in [0.3, 0.4) is 0 Å². The Balaban J connectivity index is 2.07. The Hall–Kier alpha value is -1.10. The third-order valence-corrected chi connectivity index (χ3v) is 3.55. The second-order valence-electron chi connectivity index (χ2n) is 4.48. The van der Waals surface area contributed by atoms with Crippen LogP contribution in [0.1, 0.15) is 24.5 Å². The predicted octanol–water partition coefficient (Wildman–Crippen LogP) is 1.36. The van der Waals surface area contributed by atoms with Gasteiger partial charge in [-0.2, -0.15) is 0 Å². The Morgan fingerprint density at radius 2 is 1.94 bits per heavy atom. The summed E-state index contributed by atoms with van der Waals surface area (Å²) in [5, 5.41) is 19.8. The number of carbonyl (C=O) groups excluding carboxylic acids is 1. The molecular weight excluding hydrogens is 254 g/mol. The van der Waals surface area contributed by atoms with E-state index in [0.29, 0.717) is 36.5 Å². The number of carbonyl (C=O) groups is 1. The van der Waals surface area contributed by atoms with E-state index >= 15 is 0 Å². The molecule has 0 radical (unpaired) electrons. The molecule has 0 spiro atoms. The summed E-state index contributed by atoms with van der Waals surface area (Å²) in [6.45, 7) is 0.947. The smallest absolute Gasteiger partial charge is 0.256 e. The summed E-state index contributed by atoms with van der Waals surface area (Å²) < 4.78 is 0. The van der Waals surface area contributed by atoms with Crippen LogP contribution in [-0.4, -0.2) is 40.2 Å². The van der Waals surface area contributed by atoms with Gasteiger partial charge < -0.3 is 15.1 Å². The molecular formula is C13H16ClNO3. The molecule has 1 atom stereocenters. The lowest BCUT2D eigenvalue weighted by molar-refractivity contribution is -0.142. The quantitative estimate of drug-likeness (QED) is 0.852. The molecule has 1 aliphatic rings. The van der Waals surface area contributed by atoms with Crippen LogP contribution in [0.4, 0.5) is 0 Å². The average Bonchev–Trinajstić information content (AvgIpc) is 2.38. The zero-order valence-corrected chi connectivity index (χ0v) is 10.7. The van der Waals surface area contributed by atoms with Crippen molar-refractivity contribution >= 4 is 17.5 Å². The summed E-state index contributed by atoms with van der Waals surface area (Å²) in [7, 11) is 0. The molecule has 1 heterocycles. The fourth-order valence-electron chi connectivity index (χ4n) is 2.09. The summed E-state index contributed by atoms with van der Waals surface area (Å²) >= 11 is 5.95. The number of halogens is 1. The summed E-state index contributed by atoms with van der Waals surface area (Å²) in [6.07, 6.45) is -0.456. The molecule has 2 N–H and O–H groups in total. The van der Waals surface area contributed by atoms with Gasteiger partial charge in [0, 0.05) is 23.7 Å². The largest absolute Gasteiger partial charge is 0.393 e. The minimum Gasteiger partial charge on any atom is -0.393 e. The van der Waals surface area contributed by atoms with Crippen molar-refractivity contribution in [2.75, 3.05) is 13.1 Å². The van der Waals surface area contributed by atoms with Gasteiger partial charge in [-0.1, -0.05) is 29.8 Å². The molecule has 1 saturated heterocycles. The lowest BCUT2D eigenvalue weighted by atomic mass is 10.0. The van der Waals surface area contributed by atoms with Crippen molar-refractivity contribution in [2.45, 2.75) is 25.0 Å². The van der Waals surface area contributed by atoms with E-state index in [0.717, 1.165) is 0 Å². The van der Waals surface area contributed by atoms with Gasteiger partial charge in [0.1, 0.15) is 0 Å². The van der Waals surface area contributed by atoms with Crippen molar-refractivity contribution in [1.29, 1.82) is 0 Å². The van der Waals surface area contributed by atoms with E-state index in [9.17, 15) is 15.0 Å². The van der Waals surface area contributed by atoms with Crippen LogP contribution in [0.25, 0.3) is 0 Å². The highest BCUT2D eigenvalue weighted by molar-refractivity contribution is 6.31. The van der Waals surface area contributed by atoms with Crippen molar-refractivity contribution < 1.29 is 15.0 Å². The number of aliphatic hydroxyl groups excluding tert-OH is 2. The second-order valence-corrected chi connectivity index (χ2v) is 4.89. The zero-order valence-electron chi connectivity index (χ0n) is 9.92. The molecule has 1 aromatic carbocycles. The van der Waals surface area contributed by atoms with E-state index in [1.165, 1.54) is 0 Å². The van der Waals surface area contributed by atoms with Crippen molar-refractivity contribution in [2.24, 2.45) is 0 Å². The standard InChI is InChI=1S/C13H16ClNO3/c14-11-4-2-1-3-10(11)12(17)13(18)15-7-5-9(16)6-8-15/h1-4,9,12,16-17H,5-8H2/t12-/m1/s1. The Morgan fingerprint density at radius 3 is 2.56 bits per heavy atom. The van der Waals surface area contributed by atoms with Gasteiger partial charge in [0.25, 0.3) is 5.91 Å². The zero-order chi connectivity index (χ0) is 13.1. The molecule has 0 aliphatic carbocycles. The van der Waals surface area contributed by atoms with Gasteiger partial charge in [0.05, 0.1) is 6.10 Å². The summed E-state index contributed by atoms with van der Waals surface area (Å²) in [6, 6.07) is 6.77. The maximum atomic E-state index is 12.1. The van der Waals surface area contributed by atoms with Gasteiger partial charge in [0.2, 0.25) is 0 Å². The number of piperidine rings is 1. The van der Waals surface area contributed by atoms with Gasteiger partial charge in [-0.25, -0.2) is 0 Å². The van der Waals surface area contributed by atoms with Gasteiger partial charge in [0.15, 0.2) is 6.10 Å². The molecule has 1 amide bonds. The van der Waals surface area contributed by atoms with Crippen LogP contribution >= 0.6 is 11.6 Å². The number of aliphatic hydroxyl groups is 2. The van der Waals surface area contributed by atoms with Crippen molar-refractivity contribution in [3.63, 3.8) is 0 Å². The van der Waals surface area contributed by atoms with Crippen LogP contribution in [0, 0.1) is 0 Å². The molecule has 18 heavy (non-hydrogen) atoms. The van der Waals surface area contributed by atoms with E-state index in [1.807, 2.05) is 0 Å². The number of hydrogen-bond acceptors (Lipinski definition) is 3. The highest BCUT2D eigenvalue weighted by Crippen LogP contribution is 2.25. The van der Waals surface area contributed by atoms with Gasteiger partial charge in [-0.05, 0) is 18.9 Å². The first-order valence-corrected chi connectivity index (χ1v) is 6.36. The SMILES string of the molecule is O=C([C@H](O)c1ccccc1Cl)N1CCC(O)CC1. The number of amides is 1. The molecule has 0 unspecified atom stereocenters. The Bertz CT molecular complexity index is 430. The molecule has 4 nitrogen and oxygen atoms in total. The van der Waals surface area contributed by atoms with Crippen molar-refractivity contribution in [1.82, 2.24) is 4.90 Å². The van der Waals surface area contributed by atoms with E-state index in [1.54, 1.807) is 29.2 Å². The van der Waals surface area contributed by atoms with Crippen molar-refractivity contribution in [3.05, 3.63) is 34.9 Å². The Labute approximate surface area is 111 Å². The summed E-state index contributed by atoms with van der Waals surface area (Å²) in [5.74, 6) is -0.352. The molecule has 1 aliphatic heterocycles. The summed E-state index contributed by atoms with van der Waals surface area (Å²) in [4.78, 5) is 13.7. The first-order valence-electron chi connectivity index (χ1n) is 5.99. The van der Waals surface area contributed by atoms with E-state index in [-0.39, 0.29) is 12.0 Å². The lowest BCUT2D eigenvalue weighted by Crippen LogP contribution is -2.42. The van der Waals surface area contributed by atoms with E-state index in [2.05, 4.69) is 0 Å². The van der Waals surface area contributed by atoms with Gasteiger partial charge in [-0.15, -0.1) is 0 Å². The average molecular weight is 270 g/mol. The topological polar surface area (TPSA) is 60.8 Å². The lowest BCUT2D eigenvalue weighted by Gasteiger charge is -2.31. The van der Waals surface area contributed by atoms with Crippen LogP contribution < -0.4 is 0 Å². The molecule has 2 rings (SSSR count). The highest BCUT2D eigenvalue weighted by Gasteiger charge is 2.28. The molecule has 98 valence electrons. The number of benzene rings is 1. The Kier molecular flexibility index (Phi) is 4.22. The van der Waals surface area contributed by atoms with Gasteiger partial charge >= 0.3 is 0 Å². The monoisotopic (exact) mass is 269 g/mol. The molecule has 0 bridgehead atoms. The maximum absolute atomic E-state index is 12.1. The fraction of sp³-hybridized carbons (Fsp3) is 0.462. The fourth-order valence-corrected chi connectivity index (χ4v) is 2.33. The third-order valence-electron chi connectivity index (χ3n) is 3.21.